The van der Waals surface area contributed by atoms with Gasteiger partial charge in [0.05, 0.1) is 11.9 Å². The largest absolute Gasteiger partial charge is 0.359 e. The second-order valence-corrected chi connectivity index (χ2v) is 8.96. The van der Waals surface area contributed by atoms with Crippen molar-refractivity contribution in [3.8, 4) is 11.3 Å². The maximum atomic E-state index is 6.33. The van der Waals surface area contributed by atoms with E-state index >= 15 is 0 Å². The predicted octanol–water partition coefficient (Wildman–Crippen LogP) is 8.49. The van der Waals surface area contributed by atoms with Gasteiger partial charge in [0.15, 0.2) is 17.2 Å². The van der Waals surface area contributed by atoms with Gasteiger partial charge in [-0.1, -0.05) is 49.6 Å². The Hall–Kier alpha value is -3.16. The van der Waals surface area contributed by atoms with Crippen molar-refractivity contribution in [3.63, 3.8) is 0 Å². The molecule has 190 valence electrons. The van der Waals surface area contributed by atoms with Crippen LogP contribution in [-0.2, 0) is 0 Å². The Morgan fingerprint density at radius 2 is 1.67 bits per heavy atom. The van der Waals surface area contributed by atoms with Gasteiger partial charge in [-0.25, -0.2) is 15.0 Å². The van der Waals surface area contributed by atoms with Crippen LogP contribution < -0.4 is 10.6 Å². The van der Waals surface area contributed by atoms with E-state index in [1.165, 1.54) is 12.0 Å². The maximum absolute atomic E-state index is 6.33. The van der Waals surface area contributed by atoms with Gasteiger partial charge < -0.3 is 15.2 Å². The third-order valence-corrected chi connectivity index (χ3v) is 6.62. The van der Waals surface area contributed by atoms with E-state index in [9.17, 15) is 0 Å². The number of benzene rings is 1. The molecule has 5 rings (SSSR count). The Kier molecular flexibility index (Phi) is 8.93. The molecule has 0 radical (unpaired) electrons. The van der Waals surface area contributed by atoms with Crippen LogP contribution in [-0.4, -0.2) is 20.1 Å². The number of allylic oxidation sites excluding steroid dienone is 1. The second kappa shape index (κ2) is 11.7. The molecule has 7 nitrogen and oxygen atoms in total. The number of fused-ring (bicyclic) bond motifs is 1. The summed E-state index contributed by atoms with van der Waals surface area (Å²) in [6, 6.07) is 7.50. The van der Waals surface area contributed by atoms with Crippen LogP contribution in [0.4, 0.5) is 11.5 Å². The van der Waals surface area contributed by atoms with Crippen molar-refractivity contribution in [2.75, 3.05) is 10.6 Å². The van der Waals surface area contributed by atoms with E-state index in [0.29, 0.717) is 27.0 Å². The zero-order chi connectivity index (χ0) is 25.1. The van der Waals surface area contributed by atoms with Crippen molar-refractivity contribution in [1.29, 1.82) is 0 Å². The zero-order valence-electron chi connectivity index (χ0n) is 20.5. The molecular weight excluding hydrogens is 495 g/mol. The molecule has 0 unspecified atom stereocenters. The summed E-state index contributed by atoms with van der Waals surface area (Å²) in [7, 11) is 0. The molecule has 1 aromatic carbocycles. The van der Waals surface area contributed by atoms with Gasteiger partial charge in [-0.05, 0) is 75.4 Å². The summed E-state index contributed by atoms with van der Waals surface area (Å²) in [5.41, 5.74) is 6.58. The summed E-state index contributed by atoms with van der Waals surface area (Å²) < 4.78 is 5.30. The molecule has 0 saturated heterocycles. The first-order chi connectivity index (χ1) is 16.9. The first-order valence-electron chi connectivity index (χ1n) is 11.7. The molecule has 9 heteroatoms. The van der Waals surface area contributed by atoms with Gasteiger partial charge in [-0.3, -0.25) is 0 Å². The summed E-state index contributed by atoms with van der Waals surface area (Å²) in [5.74, 6) is 2.22. The number of halogens is 2. The molecule has 0 amide bonds. The number of hydrogen-bond acceptors (Lipinski definition) is 7. The molecule has 3 aromatic heterocycles. The Morgan fingerprint density at radius 3 is 2.25 bits per heavy atom. The lowest BCUT2D eigenvalue weighted by Gasteiger charge is -2.23. The number of aryl methyl sites for hydroxylation is 2. The molecule has 0 aliphatic heterocycles. The van der Waals surface area contributed by atoms with Gasteiger partial charge in [-0.15, -0.1) is 0 Å². The van der Waals surface area contributed by atoms with Gasteiger partial charge in [-0.2, -0.15) is 0 Å². The summed E-state index contributed by atoms with van der Waals surface area (Å²) in [4.78, 5) is 14.0. The van der Waals surface area contributed by atoms with E-state index in [1.54, 1.807) is 6.20 Å². The van der Waals surface area contributed by atoms with Gasteiger partial charge in [0, 0.05) is 15.6 Å². The van der Waals surface area contributed by atoms with Gasteiger partial charge in [0.25, 0.3) is 0 Å². The number of hydrogen-bond donors (Lipinski definition) is 2. The molecule has 1 aliphatic carbocycles. The van der Waals surface area contributed by atoms with Crippen LogP contribution in [0.5, 0.6) is 0 Å². The van der Waals surface area contributed by atoms with Crippen molar-refractivity contribution >= 4 is 45.9 Å². The fourth-order valence-electron chi connectivity index (χ4n) is 3.64. The fraction of sp³-hybridized carbons (Fsp3) is 0.333. The molecule has 0 bridgehead atoms. The van der Waals surface area contributed by atoms with Gasteiger partial charge >= 0.3 is 0 Å². The summed E-state index contributed by atoms with van der Waals surface area (Å²) in [6.45, 7) is 9.68. The number of anilines is 2. The van der Waals surface area contributed by atoms with Crippen LogP contribution >= 0.6 is 23.2 Å². The smallest absolute Gasteiger partial charge is 0.180 e. The number of pyridine rings is 1. The lowest BCUT2D eigenvalue weighted by Crippen LogP contribution is -2.18. The number of nitrogens with one attached hydrogen (secondary N) is 2. The molecule has 0 atom stereocenters. The SMILES string of the molecule is C.CC.Cc1noc(C)c1NC(Nc1cnc2ccc(-c3cc(Cl)c(C)c(Cl)c3)nc2n1)=C1CCC1. The lowest BCUT2D eigenvalue weighted by molar-refractivity contribution is 0.393. The fourth-order valence-corrected chi connectivity index (χ4v) is 4.13. The first kappa shape index (κ1) is 27.4. The van der Waals surface area contributed by atoms with E-state index in [1.807, 2.05) is 58.9 Å². The zero-order valence-corrected chi connectivity index (χ0v) is 22.0. The third kappa shape index (κ3) is 5.63. The number of nitrogens with zero attached hydrogens (tertiary/aromatic N) is 4. The van der Waals surface area contributed by atoms with Crippen molar-refractivity contribution in [1.82, 2.24) is 20.1 Å². The van der Waals surface area contributed by atoms with Crippen LogP contribution in [0.1, 0.15) is 57.6 Å². The van der Waals surface area contributed by atoms with Crippen LogP contribution in [0.2, 0.25) is 10.0 Å². The van der Waals surface area contributed by atoms with Gasteiger partial charge in [0.1, 0.15) is 22.7 Å². The summed E-state index contributed by atoms with van der Waals surface area (Å²) >= 11 is 12.7. The van der Waals surface area contributed by atoms with Crippen molar-refractivity contribution in [2.45, 2.75) is 61.3 Å². The maximum Gasteiger partial charge on any atom is 0.180 e. The van der Waals surface area contributed by atoms with E-state index in [4.69, 9.17) is 37.7 Å². The van der Waals surface area contributed by atoms with E-state index < -0.39 is 0 Å². The Labute approximate surface area is 222 Å². The second-order valence-electron chi connectivity index (χ2n) is 8.14. The summed E-state index contributed by atoms with van der Waals surface area (Å²) in [5, 5.41) is 12.1. The monoisotopic (exact) mass is 526 g/mol. The molecule has 2 N–H and O–H groups in total. The quantitative estimate of drug-likeness (QED) is 0.269. The molecule has 36 heavy (non-hydrogen) atoms. The molecular formula is C27H32Cl2N6O. The van der Waals surface area contributed by atoms with Crippen LogP contribution in [0.3, 0.4) is 0 Å². The lowest BCUT2D eigenvalue weighted by atomic mass is 9.92. The highest BCUT2D eigenvalue weighted by atomic mass is 35.5. The van der Waals surface area contributed by atoms with E-state index in [-0.39, 0.29) is 7.43 Å². The van der Waals surface area contributed by atoms with Crippen LogP contribution in [0.15, 0.2) is 46.4 Å². The van der Waals surface area contributed by atoms with Crippen molar-refractivity contribution in [3.05, 3.63) is 68.9 Å². The van der Waals surface area contributed by atoms with Crippen LogP contribution in [0, 0.1) is 20.8 Å². The molecule has 0 spiro atoms. The van der Waals surface area contributed by atoms with Crippen molar-refractivity contribution in [2.24, 2.45) is 0 Å². The van der Waals surface area contributed by atoms with Gasteiger partial charge in [0.2, 0.25) is 0 Å². The summed E-state index contributed by atoms with van der Waals surface area (Å²) in [6.07, 6.45) is 4.92. The van der Waals surface area contributed by atoms with E-state index in [0.717, 1.165) is 52.6 Å². The molecule has 3 heterocycles. The van der Waals surface area contributed by atoms with E-state index in [2.05, 4.69) is 20.8 Å². The highest BCUT2D eigenvalue weighted by Crippen LogP contribution is 2.33. The highest BCUT2D eigenvalue weighted by molar-refractivity contribution is 6.36. The average Bonchev–Trinajstić information content (AvgIpc) is 3.14. The molecule has 4 aromatic rings. The van der Waals surface area contributed by atoms with Crippen molar-refractivity contribution < 1.29 is 4.52 Å². The Balaban J connectivity index is 0.00000117. The third-order valence-electron chi connectivity index (χ3n) is 5.83. The standard InChI is InChI=1S/C24H22Cl2N6O.C2H6.CH4/c1-12-17(25)9-16(10-18(12)26)19-7-8-20-24(28-19)30-21(11-27-20)29-23(15-5-4-6-15)31-22-13(2)32-33-14(22)3;1-2;/h7-11,31H,4-6H2,1-3H3,(H,28,29,30);1-2H3;1H4. The first-order valence-corrected chi connectivity index (χ1v) is 12.4. The Morgan fingerprint density at radius 1 is 0.972 bits per heavy atom. The minimum Gasteiger partial charge on any atom is -0.359 e. The predicted molar refractivity (Wildman–Crippen MR) is 150 cm³/mol. The normalized spacial score (nSPS) is 12.2. The Bertz CT molecular complexity index is 1360. The minimum absolute atomic E-state index is 0. The topological polar surface area (TPSA) is 88.8 Å². The highest BCUT2D eigenvalue weighted by Gasteiger charge is 2.19. The van der Waals surface area contributed by atoms with Crippen LogP contribution in [0.25, 0.3) is 22.4 Å². The number of aromatic nitrogens is 4. The minimum atomic E-state index is 0. The molecule has 1 fully saturated rings. The average molecular weight is 528 g/mol. The number of rotatable bonds is 5. The molecule has 1 aliphatic rings. The molecule has 1 saturated carbocycles.